The van der Waals surface area contributed by atoms with Crippen molar-refractivity contribution >= 4 is 0 Å². The van der Waals surface area contributed by atoms with Crippen LogP contribution in [0, 0.1) is 16.7 Å². The first-order chi connectivity index (χ1) is 5.31. The molecular formula is C11H20O. The average molecular weight is 168 g/mol. The summed E-state index contributed by atoms with van der Waals surface area (Å²) in [5, 5.41) is 10.5. The van der Waals surface area contributed by atoms with E-state index in [1.54, 1.807) is 0 Å². The predicted octanol–water partition coefficient (Wildman–Crippen LogP) is 2.58. The number of rotatable bonds is 0. The number of hydrogen-bond acceptors (Lipinski definition) is 1. The van der Waals surface area contributed by atoms with Gasteiger partial charge in [0.2, 0.25) is 0 Å². The minimum atomic E-state index is -0.455. The minimum Gasteiger partial charge on any atom is -0.389 e. The molecule has 2 saturated carbocycles. The highest BCUT2D eigenvalue weighted by Crippen LogP contribution is 2.67. The lowest BCUT2D eigenvalue weighted by atomic mass is 9.61. The lowest BCUT2D eigenvalue weighted by Gasteiger charge is -2.48. The second-order valence-electron chi connectivity index (χ2n) is 5.79. The second-order valence-corrected chi connectivity index (χ2v) is 5.79. The van der Waals surface area contributed by atoms with Gasteiger partial charge in [-0.25, -0.2) is 0 Å². The third-order valence-corrected chi connectivity index (χ3v) is 5.19. The van der Waals surface area contributed by atoms with E-state index in [9.17, 15) is 5.11 Å². The Morgan fingerprint density at radius 2 is 1.75 bits per heavy atom. The van der Waals surface area contributed by atoms with Gasteiger partial charge in [0.1, 0.15) is 0 Å². The van der Waals surface area contributed by atoms with Gasteiger partial charge in [-0.15, -0.1) is 0 Å². The van der Waals surface area contributed by atoms with E-state index in [1.807, 2.05) is 6.92 Å². The van der Waals surface area contributed by atoms with Gasteiger partial charge in [-0.1, -0.05) is 20.8 Å². The molecule has 0 aromatic rings. The van der Waals surface area contributed by atoms with Crippen molar-refractivity contribution in [1.29, 1.82) is 0 Å². The van der Waals surface area contributed by atoms with Gasteiger partial charge < -0.3 is 5.11 Å². The van der Waals surface area contributed by atoms with Gasteiger partial charge in [0, 0.05) is 0 Å². The molecule has 0 aromatic heterocycles. The van der Waals surface area contributed by atoms with E-state index >= 15 is 0 Å². The Morgan fingerprint density at radius 3 is 2.00 bits per heavy atom. The molecular weight excluding hydrogens is 148 g/mol. The van der Waals surface area contributed by atoms with Gasteiger partial charge >= 0.3 is 0 Å². The molecule has 70 valence electrons. The summed E-state index contributed by atoms with van der Waals surface area (Å²) in [5.74, 6) is 0.748. The van der Waals surface area contributed by atoms with Crippen LogP contribution >= 0.6 is 0 Å². The SMILES string of the molecule is CC12CCC(C1)C(C)(C)C2(C)O. The monoisotopic (exact) mass is 168 g/mol. The standard InChI is InChI=1S/C11H20O/c1-9(2)8-5-6-10(3,7-8)11(9,4)12/h8,12H,5-7H2,1-4H3. The van der Waals surface area contributed by atoms with Crippen LogP contribution in [-0.4, -0.2) is 10.7 Å². The summed E-state index contributed by atoms with van der Waals surface area (Å²) < 4.78 is 0. The number of fused-ring (bicyclic) bond motifs is 2. The summed E-state index contributed by atoms with van der Waals surface area (Å²) in [6.07, 6.45) is 3.76. The van der Waals surface area contributed by atoms with Gasteiger partial charge in [-0.3, -0.25) is 0 Å². The molecule has 2 aliphatic carbocycles. The van der Waals surface area contributed by atoms with Crippen LogP contribution in [0.4, 0.5) is 0 Å². The molecule has 0 aliphatic heterocycles. The third-order valence-electron chi connectivity index (χ3n) is 5.19. The van der Waals surface area contributed by atoms with Crippen LogP contribution in [0.1, 0.15) is 47.0 Å². The molecule has 1 heteroatoms. The first-order valence-electron chi connectivity index (χ1n) is 5.04. The number of hydrogen-bond donors (Lipinski definition) is 1. The highest BCUT2D eigenvalue weighted by molar-refractivity contribution is 5.15. The zero-order valence-corrected chi connectivity index (χ0v) is 8.65. The topological polar surface area (TPSA) is 20.2 Å². The molecule has 0 aromatic carbocycles. The molecule has 2 aliphatic rings. The Hall–Kier alpha value is -0.0400. The van der Waals surface area contributed by atoms with Gasteiger partial charge in [0.25, 0.3) is 0 Å². The zero-order valence-electron chi connectivity index (χ0n) is 8.65. The Bertz CT molecular complexity index is 210. The smallest absolute Gasteiger partial charge is 0.0726 e. The maximum absolute atomic E-state index is 10.5. The molecule has 3 atom stereocenters. The van der Waals surface area contributed by atoms with Crippen molar-refractivity contribution in [1.82, 2.24) is 0 Å². The molecule has 2 rings (SSSR count). The normalized spacial score (nSPS) is 56.2. The van der Waals surface area contributed by atoms with E-state index in [0.29, 0.717) is 0 Å². The third kappa shape index (κ3) is 0.654. The molecule has 0 heterocycles. The minimum absolute atomic E-state index is 0.125. The van der Waals surface area contributed by atoms with Crippen molar-refractivity contribution in [3.63, 3.8) is 0 Å². The van der Waals surface area contributed by atoms with Crippen molar-refractivity contribution in [2.45, 2.75) is 52.6 Å². The lowest BCUT2D eigenvalue weighted by molar-refractivity contribution is -0.128. The first-order valence-corrected chi connectivity index (χ1v) is 5.04. The van der Waals surface area contributed by atoms with Crippen molar-refractivity contribution < 1.29 is 5.11 Å². The molecule has 0 spiro atoms. The Labute approximate surface area is 75.2 Å². The van der Waals surface area contributed by atoms with Gasteiger partial charge in [0.05, 0.1) is 5.60 Å². The van der Waals surface area contributed by atoms with Gasteiger partial charge in [0.15, 0.2) is 0 Å². The highest BCUT2D eigenvalue weighted by Gasteiger charge is 2.65. The fourth-order valence-electron chi connectivity index (χ4n) is 3.47. The fourth-order valence-corrected chi connectivity index (χ4v) is 3.47. The van der Waals surface area contributed by atoms with E-state index in [4.69, 9.17) is 0 Å². The molecule has 12 heavy (non-hydrogen) atoms. The van der Waals surface area contributed by atoms with Gasteiger partial charge in [-0.05, 0) is 42.9 Å². The maximum Gasteiger partial charge on any atom is 0.0726 e. The first kappa shape index (κ1) is 8.55. The molecule has 0 radical (unpaired) electrons. The lowest BCUT2D eigenvalue weighted by Crippen LogP contribution is -2.51. The van der Waals surface area contributed by atoms with Crippen molar-refractivity contribution in [2.75, 3.05) is 0 Å². The predicted molar refractivity (Wildman–Crippen MR) is 49.9 cm³/mol. The van der Waals surface area contributed by atoms with Crippen LogP contribution in [0.3, 0.4) is 0 Å². The van der Waals surface area contributed by atoms with Gasteiger partial charge in [-0.2, -0.15) is 0 Å². The molecule has 1 N–H and O–H groups in total. The Balaban J connectivity index is 2.46. The van der Waals surface area contributed by atoms with Crippen LogP contribution in [0.2, 0.25) is 0 Å². The maximum atomic E-state index is 10.5. The van der Waals surface area contributed by atoms with Crippen LogP contribution < -0.4 is 0 Å². The molecule has 0 amide bonds. The summed E-state index contributed by atoms with van der Waals surface area (Å²) >= 11 is 0. The summed E-state index contributed by atoms with van der Waals surface area (Å²) in [6, 6.07) is 0. The van der Waals surface area contributed by atoms with Crippen LogP contribution in [0.15, 0.2) is 0 Å². The molecule has 2 fully saturated rings. The molecule has 0 saturated heterocycles. The highest BCUT2D eigenvalue weighted by atomic mass is 16.3. The second kappa shape index (κ2) is 1.89. The van der Waals surface area contributed by atoms with Crippen LogP contribution in [0.5, 0.6) is 0 Å². The molecule has 2 bridgehead atoms. The Kier molecular flexibility index (Phi) is 1.35. The summed E-state index contributed by atoms with van der Waals surface area (Å²) in [5.41, 5.74) is -0.135. The summed E-state index contributed by atoms with van der Waals surface area (Å²) in [7, 11) is 0. The quantitative estimate of drug-likeness (QED) is 0.589. The largest absolute Gasteiger partial charge is 0.389 e. The molecule has 1 nitrogen and oxygen atoms in total. The van der Waals surface area contributed by atoms with E-state index in [1.165, 1.54) is 19.3 Å². The number of aliphatic hydroxyl groups is 1. The zero-order chi connectivity index (χ0) is 9.20. The van der Waals surface area contributed by atoms with Crippen molar-refractivity contribution in [3.8, 4) is 0 Å². The van der Waals surface area contributed by atoms with E-state index < -0.39 is 5.60 Å². The molecule has 3 unspecified atom stereocenters. The van der Waals surface area contributed by atoms with Crippen LogP contribution in [-0.2, 0) is 0 Å². The average Bonchev–Trinajstić information content (AvgIpc) is 2.36. The van der Waals surface area contributed by atoms with E-state index in [2.05, 4.69) is 20.8 Å². The van der Waals surface area contributed by atoms with Crippen LogP contribution in [0.25, 0.3) is 0 Å². The fraction of sp³-hybridized carbons (Fsp3) is 1.00. The summed E-state index contributed by atoms with van der Waals surface area (Å²) in [4.78, 5) is 0. The van der Waals surface area contributed by atoms with E-state index in [0.717, 1.165) is 5.92 Å². The van der Waals surface area contributed by atoms with Crippen molar-refractivity contribution in [2.24, 2.45) is 16.7 Å². The van der Waals surface area contributed by atoms with E-state index in [-0.39, 0.29) is 10.8 Å². The van der Waals surface area contributed by atoms with Crippen molar-refractivity contribution in [3.05, 3.63) is 0 Å². The summed E-state index contributed by atoms with van der Waals surface area (Å²) in [6.45, 7) is 8.73. The Morgan fingerprint density at radius 1 is 1.17 bits per heavy atom.